The minimum absolute atomic E-state index is 0.292. The molecular weight excluding hydrogens is 184 g/mol. The minimum Gasteiger partial charge on any atom is -0.300 e. The van der Waals surface area contributed by atoms with Crippen LogP contribution in [0.2, 0.25) is 5.02 Å². The first-order chi connectivity index (χ1) is 6.24. The highest BCUT2D eigenvalue weighted by molar-refractivity contribution is 6.31. The Balaban J connectivity index is 2.54. The van der Waals surface area contributed by atoms with Crippen LogP contribution < -0.4 is 0 Å². The fraction of sp³-hybridized carbons (Fsp3) is 0.364. The van der Waals surface area contributed by atoms with E-state index in [0.717, 1.165) is 17.0 Å². The minimum atomic E-state index is 0.292. The van der Waals surface area contributed by atoms with Crippen LogP contribution in [0.5, 0.6) is 0 Å². The monoisotopic (exact) mass is 196 g/mol. The van der Waals surface area contributed by atoms with E-state index in [4.69, 9.17) is 11.6 Å². The lowest BCUT2D eigenvalue weighted by atomic mass is 10.1. The molecule has 0 atom stereocenters. The van der Waals surface area contributed by atoms with Gasteiger partial charge < -0.3 is 0 Å². The lowest BCUT2D eigenvalue weighted by Gasteiger charge is -2.01. The van der Waals surface area contributed by atoms with Crippen molar-refractivity contribution in [2.24, 2.45) is 0 Å². The van der Waals surface area contributed by atoms with E-state index in [2.05, 4.69) is 0 Å². The summed E-state index contributed by atoms with van der Waals surface area (Å²) in [4.78, 5) is 11.1. The Morgan fingerprint density at radius 3 is 2.69 bits per heavy atom. The average molecular weight is 197 g/mol. The number of hydrogen-bond donors (Lipinski definition) is 0. The molecule has 0 aliphatic heterocycles. The molecule has 1 nitrogen and oxygen atoms in total. The molecule has 0 N–H and O–H groups in total. The van der Waals surface area contributed by atoms with E-state index in [9.17, 15) is 4.79 Å². The Morgan fingerprint density at radius 2 is 2.08 bits per heavy atom. The fourth-order valence-electron chi connectivity index (χ4n) is 1.15. The van der Waals surface area contributed by atoms with Crippen molar-refractivity contribution in [3.05, 3.63) is 34.9 Å². The van der Waals surface area contributed by atoms with Crippen LogP contribution in [0.3, 0.4) is 0 Å². The molecule has 0 aliphatic carbocycles. The van der Waals surface area contributed by atoms with Crippen LogP contribution in [-0.4, -0.2) is 5.78 Å². The van der Waals surface area contributed by atoms with Crippen molar-refractivity contribution in [2.75, 3.05) is 0 Å². The van der Waals surface area contributed by atoms with E-state index in [0.29, 0.717) is 18.6 Å². The first kappa shape index (κ1) is 10.3. The third-order valence-electron chi connectivity index (χ3n) is 2.03. The first-order valence-electron chi connectivity index (χ1n) is 4.49. The molecule has 1 aromatic rings. The van der Waals surface area contributed by atoms with Crippen LogP contribution in [0.4, 0.5) is 0 Å². The second kappa shape index (κ2) is 5.03. The predicted octanol–water partition coefficient (Wildman–Crippen LogP) is 3.25. The lowest BCUT2D eigenvalue weighted by molar-refractivity contribution is -0.118. The Bertz CT molecular complexity index is 294. The van der Waals surface area contributed by atoms with Gasteiger partial charge >= 0.3 is 0 Å². The van der Waals surface area contributed by atoms with Crippen LogP contribution >= 0.6 is 11.6 Å². The first-order valence-corrected chi connectivity index (χ1v) is 4.87. The lowest BCUT2D eigenvalue weighted by Crippen LogP contribution is -1.97. The zero-order chi connectivity index (χ0) is 9.68. The summed E-state index contributed by atoms with van der Waals surface area (Å²) in [6, 6.07) is 7.66. The van der Waals surface area contributed by atoms with Crippen molar-refractivity contribution in [3.63, 3.8) is 0 Å². The molecule has 0 aromatic heterocycles. The summed E-state index contributed by atoms with van der Waals surface area (Å²) in [5, 5.41) is 0.756. The molecule has 1 aromatic carbocycles. The number of carbonyl (C=O) groups is 1. The summed E-state index contributed by atoms with van der Waals surface area (Å²) in [6.07, 6.45) is 1.97. The molecule has 0 fully saturated rings. The van der Waals surface area contributed by atoms with Crippen molar-refractivity contribution in [1.29, 1.82) is 0 Å². The van der Waals surface area contributed by atoms with Gasteiger partial charge in [0, 0.05) is 17.9 Å². The van der Waals surface area contributed by atoms with Gasteiger partial charge in [0.25, 0.3) is 0 Å². The second-order valence-electron chi connectivity index (χ2n) is 2.98. The molecule has 70 valence electrons. The SMILES string of the molecule is CCC(=O)CCc1ccccc1Cl. The van der Waals surface area contributed by atoms with Crippen LogP contribution in [0, 0.1) is 0 Å². The van der Waals surface area contributed by atoms with Crippen molar-refractivity contribution in [2.45, 2.75) is 26.2 Å². The van der Waals surface area contributed by atoms with Crippen LogP contribution in [0.1, 0.15) is 25.3 Å². The summed E-state index contributed by atoms with van der Waals surface area (Å²) in [5.74, 6) is 0.292. The molecule has 0 aliphatic rings. The molecular formula is C11H13ClO. The zero-order valence-corrected chi connectivity index (χ0v) is 8.47. The topological polar surface area (TPSA) is 17.1 Å². The molecule has 1 rings (SSSR count). The second-order valence-corrected chi connectivity index (χ2v) is 3.39. The number of carbonyl (C=O) groups excluding carboxylic acids is 1. The molecule has 0 spiro atoms. The normalized spacial score (nSPS) is 10.0. The molecule has 0 heterocycles. The molecule has 0 bridgehead atoms. The maximum atomic E-state index is 11.1. The summed E-state index contributed by atoms with van der Waals surface area (Å²) in [6.45, 7) is 1.88. The quantitative estimate of drug-likeness (QED) is 0.723. The Labute approximate surface area is 83.7 Å². The maximum Gasteiger partial charge on any atom is 0.132 e. The smallest absolute Gasteiger partial charge is 0.132 e. The number of Topliss-reactive ketones (excluding diaryl/α,β-unsaturated/α-hetero) is 1. The maximum absolute atomic E-state index is 11.1. The highest BCUT2D eigenvalue weighted by Gasteiger charge is 2.02. The van der Waals surface area contributed by atoms with Crippen LogP contribution in [-0.2, 0) is 11.2 Å². The molecule has 0 radical (unpaired) electrons. The Morgan fingerprint density at radius 1 is 1.38 bits per heavy atom. The average Bonchev–Trinajstić information content (AvgIpc) is 2.16. The Hall–Kier alpha value is -0.820. The third-order valence-corrected chi connectivity index (χ3v) is 2.39. The number of hydrogen-bond acceptors (Lipinski definition) is 1. The fourth-order valence-corrected chi connectivity index (χ4v) is 1.38. The van der Waals surface area contributed by atoms with E-state index in [1.165, 1.54) is 0 Å². The van der Waals surface area contributed by atoms with Gasteiger partial charge in [0.2, 0.25) is 0 Å². The van der Waals surface area contributed by atoms with Crippen LogP contribution in [0.15, 0.2) is 24.3 Å². The van der Waals surface area contributed by atoms with Gasteiger partial charge in [-0.05, 0) is 18.1 Å². The highest BCUT2D eigenvalue weighted by Crippen LogP contribution is 2.16. The third kappa shape index (κ3) is 3.19. The summed E-state index contributed by atoms with van der Waals surface area (Å²) in [5.41, 5.74) is 1.06. The van der Waals surface area contributed by atoms with Gasteiger partial charge in [-0.3, -0.25) is 4.79 Å². The standard InChI is InChI=1S/C11H13ClO/c1-2-10(13)8-7-9-5-3-4-6-11(9)12/h3-6H,2,7-8H2,1H3. The molecule has 2 heteroatoms. The van der Waals surface area contributed by atoms with Crippen molar-refractivity contribution >= 4 is 17.4 Å². The van der Waals surface area contributed by atoms with Crippen molar-refractivity contribution in [3.8, 4) is 0 Å². The molecule has 0 amide bonds. The molecule has 13 heavy (non-hydrogen) atoms. The number of ketones is 1. The van der Waals surface area contributed by atoms with Gasteiger partial charge in [-0.2, -0.15) is 0 Å². The van der Waals surface area contributed by atoms with E-state index >= 15 is 0 Å². The van der Waals surface area contributed by atoms with Gasteiger partial charge in [0.05, 0.1) is 0 Å². The predicted molar refractivity (Wildman–Crippen MR) is 55.1 cm³/mol. The largest absolute Gasteiger partial charge is 0.300 e. The summed E-state index contributed by atoms with van der Waals surface area (Å²) >= 11 is 5.94. The van der Waals surface area contributed by atoms with Gasteiger partial charge in [0.1, 0.15) is 5.78 Å². The summed E-state index contributed by atoms with van der Waals surface area (Å²) in [7, 11) is 0. The van der Waals surface area contributed by atoms with E-state index < -0.39 is 0 Å². The highest BCUT2D eigenvalue weighted by atomic mass is 35.5. The van der Waals surface area contributed by atoms with E-state index in [-0.39, 0.29) is 0 Å². The van der Waals surface area contributed by atoms with E-state index in [1.807, 2.05) is 31.2 Å². The van der Waals surface area contributed by atoms with Gasteiger partial charge in [-0.1, -0.05) is 36.7 Å². The molecule has 0 saturated heterocycles. The number of rotatable bonds is 4. The van der Waals surface area contributed by atoms with E-state index in [1.54, 1.807) is 0 Å². The zero-order valence-electron chi connectivity index (χ0n) is 7.72. The summed E-state index contributed by atoms with van der Waals surface area (Å²) < 4.78 is 0. The molecule has 0 saturated carbocycles. The molecule has 0 unspecified atom stereocenters. The van der Waals surface area contributed by atoms with Crippen LogP contribution in [0.25, 0.3) is 0 Å². The number of halogens is 1. The Kier molecular flexibility index (Phi) is 3.97. The van der Waals surface area contributed by atoms with Crippen molar-refractivity contribution < 1.29 is 4.79 Å². The van der Waals surface area contributed by atoms with Gasteiger partial charge in [-0.25, -0.2) is 0 Å². The van der Waals surface area contributed by atoms with Gasteiger partial charge in [0.15, 0.2) is 0 Å². The number of benzene rings is 1. The van der Waals surface area contributed by atoms with Gasteiger partial charge in [-0.15, -0.1) is 0 Å². The van der Waals surface area contributed by atoms with Crippen molar-refractivity contribution in [1.82, 2.24) is 0 Å². The number of aryl methyl sites for hydroxylation is 1.